The van der Waals surface area contributed by atoms with Crippen molar-refractivity contribution in [3.05, 3.63) is 52.9 Å². The molecule has 0 fully saturated rings. The zero-order chi connectivity index (χ0) is 14.5. The Balaban J connectivity index is 2.30. The van der Waals surface area contributed by atoms with E-state index in [1.165, 1.54) is 0 Å². The Kier molecular flexibility index (Phi) is 4.49. The van der Waals surface area contributed by atoms with E-state index in [2.05, 4.69) is 0 Å². The fourth-order valence-corrected chi connectivity index (χ4v) is 2.76. The molecule has 0 aliphatic carbocycles. The summed E-state index contributed by atoms with van der Waals surface area (Å²) in [5, 5.41) is 9.10. The predicted molar refractivity (Wildman–Crippen MR) is 83.2 cm³/mol. The lowest BCUT2D eigenvalue weighted by molar-refractivity contribution is -0.117. The molecule has 0 aliphatic heterocycles. The quantitative estimate of drug-likeness (QED) is 0.609. The summed E-state index contributed by atoms with van der Waals surface area (Å²) in [5.74, 6) is -0.267. The third kappa shape index (κ3) is 3.23. The maximum absolute atomic E-state index is 11.9. The lowest BCUT2D eigenvalue weighted by Crippen LogP contribution is -2.08. The van der Waals surface area contributed by atoms with Crippen molar-refractivity contribution in [2.24, 2.45) is 5.92 Å². The summed E-state index contributed by atoms with van der Waals surface area (Å²) in [6, 6.07) is 16.0. The molecule has 0 N–H and O–H groups in total. The monoisotopic (exact) mass is 281 g/mol. The highest BCUT2D eigenvalue weighted by Crippen LogP contribution is 2.29. The summed E-state index contributed by atoms with van der Waals surface area (Å²) >= 11 is 1.58. The molecule has 1 heterocycles. The Morgan fingerprint density at radius 3 is 2.50 bits per heavy atom. The number of allylic oxidation sites excluding steroid dienone is 1. The maximum atomic E-state index is 11.9. The summed E-state index contributed by atoms with van der Waals surface area (Å²) in [4.78, 5) is 13.9. The molecule has 0 amide bonds. The van der Waals surface area contributed by atoms with Crippen molar-refractivity contribution in [1.82, 2.24) is 0 Å². The highest BCUT2D eigenvalue weighted by atomic mass is 32.1. The van der Waals surface area contributed by atoms with Gasteiger partial charge in [-0.05, 0) is 23.8 Å². The number of hydrogen-bond acceptors (Lipinski definition) is 3. The Morgan fingerprint density at radius 2 is 1.90 bits per heavy atom. The van der Waals surface area contributed by atoms with Crippen molar-refractivity contribution >= 4 is 23.2 Å². The van der Waals surface area contributed by atoms with Gasteiger partial charge in [0.2, 0.25) is 0 Å². The predicted octanol–water partition coefficient (Wildman–Crippen LogP) is 4.55. The van der Waals surface area contributed by atoms with Crippen LogP contribution < -0.4 is 0 Å². The van der Waals surface area contributed by atoms with Gasteiger partial charge in [0, 0.05) is 15.7 Å². The van der Waals surface area contributed by atoms with E-state index in [0.29, 0.717) is 0 Å². The summed E-state index contributed by atoms with van der Waals surface area (Å²) in [6.45, 7) is 3.61. The third-order valence-corrected chi connectivity index (χ3v) is 3.96. The van der Waals surface area contributed by atoms with E-state index in [-0.39, 0.29) is 17.3 Å². The molecule has 0 spiro atoms. The van der Waals surface area contributed by atoms with Crippen LogP contribution in [0.4, 0.5) is 0 Å². The smallest absolute Gasteiger partial charge is 0.175 e. The molecule has 100 valence electrons. The fraction of sp³-hybridized carbons (Fsp3) is 0.176. The van der Waals surface area contributed by atoms with Gasteiger partial charge in [0.1, 0.15) is 6.07 Å². The normalized spacial score (nSPS) is 11.4. The minimum atomic E-state index is -0.158. The Hall–Kier alpha value is -2.18. The van der Waals surface area contributed by atoms with Gasteiger partial charge in [-0.3, -0.25) is 4.79 Å². The molecule has 0 saturated carbocycles. The van der Waals surface area contributed by atoms with Gasteiger partial charge in [0.25, 0.3) is 0 Å². The highest BCUT2D eigenvalue weighted by molar-refractivity contribution is 7.16. The topological polar surface area (TPSA) is 40.9 Å². The third-order valence-electron chi connectivity index (χ3n) is 2.88. The maximum Gasteiger partial charge on any atom is 0.175 e. The molecule has 2 nitrogen and oxygen atoms in total. The largest absolute Gasteiger partial charge is 0.293 e. The van der Waals surface area contributed by atoms with Gasteiger partial charge in [-0.25, -0.2) is 0 Å². The van der Waals surface area contributed by atoms with Crippen LogP contribution in [0.2, 0.25) is 0 Å². The van der Waals surface area contributed by atoms with E-state index in [1.54, 1.807) is 31.3 Å². The molecular weight excluding hydrogens is 266 g/mol. The molecule has 0 unspecified atom stereocenters. The molecule has 0 aliphatic rings. The molecule has 3 heteroatoms. The standard InChI is InChI=1S/C17H15NOS/c1-12(2)17(19)14(11-18)10-15-8-9-16(20-15)13-6-4-3-5-7-13/h3-10,12H,1-2H3/b14-10+. The van der Waals surface area contributed by atoms with Crippen LogP contribution in [0.3, 0.4) is 0 Å². The molecule has 1 aromatic carbocycles. The number of Topliss-reactive ketones (excluding diaryl/α,β-unsaturated/α-hetero) is 1. The first-order valence-electron chi connectivity index (χ1n) is 6.43. The number of nitriles is 1. The summed E-state index contributed by atoms with van der Waals surface area (Å²) in [6.07, 6.45) is 1.68. The zero-order valence-corrected chi connectivity index (χ0v) is 12.3. The van der Waals surface area contributed by atoms with Crippen molar-refractivity contribution in [2.45, 2.75) is 13.8 Å². The van der Waals surface area contributed by atoms with Crippen molar-refractivity contribution < 1.29 is 4.79 Å². The number of carbonyl (C=O) groups is 1. The van der Waals surface area contributed by atoms with E-state index < -0.39 is 0 Å². The molecule has 0 bridgehead atoms. The SMILES string of the molecule is CC(C)C(=O)/C(C#N)=C/c1ccc(-c2ccccc2)s1. The second-order valence-electron chi connectivity index (χ2n) is 4.76. The summed E-state index contributed by atoms with van der Waals surface area (Å²) in [5.41, 5.74) is 1.37. The Labute approximate surface area is 123 Å². The molecule has 2 aromatic rings. The molecule has 2 rings (SSSR count). The molecular formula is C17H15NOS. The van der Waals surface area contributed by atoms with E-state index in [4.69, 9.17) is 5.26 Å². The lowest BCUT2D eigenvalue weighted by atomic mass is 10.0. The second kappa shape index (κ2) is 6.31. The van der Waals surface area contributed by atoms with Gasteiger partial charge >= 0.3 is 0 Å². The van der Waals surface area contributed by atoms with Gasteiger partial charge < -0.3 is 0 Å². The Morgan fingerprint density at radius 1 is 1.20 bits per heavy atom. The van der Waals surface area contributed by atoms with E-state index in [9.17, 15) is 4.79 Å². The van der Waals surface area contributed by atoms with Crippen LogP contribution in [-0.4, -0.2) is 5.78 Å². The van der Waals surface area contributed by atoms with Gasteiger partial charge in [0.05, 0.1) is 5.57 Å². The van der Waals surface area contributed by atoms with Crippen LogP contribution in [-0.2, 0) is 4.79 Å². The van der Waals surface area contributed by atoms with Crippen LogP contribution in [0.1, 0.15) is 18.7 Å². The van der Waals surface area contributed by atoms with Gasteiger partial charge in [-0.2, -0.15) is 5.26 Å². The number of hydrogen-bond donors (Lipinski definition) is 0. The number of benzene rings is 1. The van der Waals surface area contributed by atoms with E-state index in [0.717, 1.165) is 15.3 Å². The summed E-state index contributed by atoms with van der Waals surface area (Å²) in [7, 11) is 0. The minimum absolute atomic E-state index is 0.109. The highest BCUT2D eigenvalue weighted by Gasteiger charge is 2.13. The van der Waals surface area contributed by atoms with Crippen LogP contribution >= 0.6 is 11.3 Å². The summed E-state index contributed by atoms with van der Waals surface area (Å²) < 4.78 is 0. The van der Waals surface area contributed by atoms with Crippen molar-refractivity contribution in [2.75, 3.05) is 0 Å². The van der Waals surface area contributed by atoms with E-state index in [1.807, 2.05) is 48.5 Å². The first-order chi connectivity index (χ1) is 9.61. The number of nitrogens with zero attached hydrogens (tertiary/aromatic N) is 1. The average Bonchev–Trinajstić information content (AvgIpc) is 2.93. The average molecular weight is 281 g/mol. The van der Waals surface area contributed by atoms with Gasteiger partial charge in [0.15, 0.2) is 5.78 Å². The van der Waals surface area contributed by atoms with Crippen molar-refractivity contribution in [3.8, 4) is 16.5 Å². The first kappa shape index (κ1) is 14.2. The first-order valence-corrected chi connectivity index (χ1v) is 7.24. The van der Waals surface area contributed by atoms with Crippen molar-refractivity contribution in [1.29, 1.82) is 5.26 Å². The molecule has 1 aromatic heterocycles. The number of carbonyl (C=O) groups excluding carboxylic acids is 1. The lowest BCUT2D eigenvalue weighted by Gasteiger charge is -2.00. The van der Waals surface area contributed by atoms with Crippen molar-refractivity contribution in [3.63, 3.8) is 0 Å². The number of thiophene rings is 1. The zero-order valence-electron chi connectivity index (χ0n) is 11.5. The second-order valence-corrected chi connectivity index (χ2v) is 5.87. The minimum Gasteiger partial charge on any atom is -0.293 e. The molecule has 0 radical (unpaired) electrons. The van der Waals surface area contributed by atoms with Crippen LogP contribution in [0.15, 0.2) is 48.0 Å². The molecule has 0 atom stereocenters. The Bertz CT molecular complexity index is 675. The van der Waals surface area contributed by atoms with Crippen LogP contribution in [0.25, 0.3) is 16.5 Å². The number of ketones is 1. The number of rotatable bonds is 4. The van der Waals surface area contributed by atoms with Crippen LogP contribution in [0.5, 0.6) is 0 Å². The van der Waals surface area contributed by atoms with Gasteiger partial charge in [-0.1, -0.05) is 44.2 Å². The molecule has 20 heavy (non-hydrogen) atoms. The fourth-order valence-electron chi connectivity index (χ4n) is 1.80. The van der Waals surface area contributed by atoms with Crippen LogP contribution in [0, 0.1) is 17.2 Å². The van der Waals surface area contributed by atoms with Gasteiger partial charge in [-0.15, -0.1) is 11.3 Å². The van der Waals surface area contributed by atoms with E-state index >= 15 is 0 Å². The molecule has 0 saturated heterocycles.